The molecule has 0 radical (unpaired) electrons. The number of hydrogen-bond donors (Lipinski definition) is 0. The lowest BCUT2D eigenvalue weighted by molar-refractivity contribution is 0.175. The lowest BCUT2D eigenvalue weighted by Crippen LogP contribution is -2.17. The highest BCUT2D eigenvalue weighted by Gasteiger charge is 2.11. The van der Waals surface area contributed by atoms with E-state index in [-0.39, 0.29) is 6.10 Å². The van der Waals surface area contributed by atoms with Gasteiger partial charge in [-0.25, -0.2) is 0 Å². The number of aryl methyl sites for hydroxylation is 2. The summed E-state index contributed by atoms with van der Waals surface area (Å²) in [5.41, 5.74) is 3.10. The highest BCUT2D eigenvalue weighted by molar-refractivity contribution is 5.79. The van der Waals surface area contributed by atoms with Crippen LogP contribution in [0.1, 0.15) is 37.0 Å². The Morgan fingerprint density at radius 1 is 1.00 bits per heavy atom. The third-order valence-corrected chi connectivity index (χ3v) is 4.32. The molecule has 0 aliphatic rings. The second-order valence-electron chi connectivity index (χ2n) is 6.82. The molecule has 0 saturated carbocycles. The molecule has 0 aliphatic carbocycles. The molecular weight excluding hydrogens is 366 g/mol. The standard InChI is InChI=1S/C24H31NO4/c1-6-7-13-27-23-15-18(2)24(19(3)16-23)29-20(4)12-14-28-22-10-8-21(9-11-22)17-25-26-5/h6-11,15-17,20H,12-14H2,1-5H3/b7-6+,25-17+. The molecule has 5 nitrogen and oxygen atoms in total. The summed E-state index contributed by atoms with van der Waals surface area (Å²) in [6, 6.07) is 11.7. The topological polar surface area (TPSA) is 49.3 Å². The Kier molecular flexibility index (Phi) is 9.09. The summed E-state index contributed by atoms with van der Waals surface area (Å²) in [7, 11) is 1.52. The summed E-state index contributed by atoms with van der Waals surface area (Å²) in [6.45, 7) is 9.28. The molecule has 0 fully saturated rings. The maximum absolute atomic E-state index is 6.18. The third kappa shape index (κ3) is 7.53. The minimum atomic E-state index is 0.0373. The highest BCUT2D eigenvalue weighted by atomic mass is 16.6. The molecule has 0 heterocycles. The summed E-state index contributed by atoms with van der Waals surface area (Å²) in [6.07, 6.45) is 6.44. The fourth-order valence-corrected chi connectivity index (χ4v) is 2.79. The van der Waals surface area contributed by atoms with Gasteiger partial charge in [0.05, 0.1) is 18.9 Å². The molecule has 1 unspecified atom stereocenters. The fourth-order valence-electron chi connectivity index (χ4n) is 2.79. The van der Waals surface area contributed by atoms with Gasteiger partial charge in [-0.3, -0.25) is 0 Å². The lowest BCUT2D eigenvalue weighted by Gasteiger charge is -2.19. The van der Waals surface area contributed by atoms with E-state index in [0.29, 0.717) is 13.2 Å². The summed E-state index contributed by atoms with van der Waals surface area (Å²) >= 11 is 0. The van der Waals surface area contributed by atoms with E-state index in [4.69, 9.17) is 14.2 Å². The zero-order valence-corrected chi connectivity index (χ0v) is 18.0. The Morgan fingerprint density at radius 2 is 1.69 bits per heavy atom. The van der Waals surface area contributed by atoms with E-state index < -0.39 is 0 Å². The van der Waals surface area contributed by atoms with E-state index in [2.05, 4.69) is 16.9 Å². The number of allylic oxidation sites excluding steroid dienone is 1. The van der Waals surface area contributed by atoms with Crippen LogP contribution in [0.2, 0.25) is 0 Å². The second-order valence-corrected chi connectivity index (χ2v) is 6.82. The monoisotopic (exact) mass is 397 g/mol. The SMILES string of the molecule is C/C=C/COc1cc(C)c(OC(C)CCOc2ccc(/C=N/OC)cc2)c(C)c1. The van der Waals surface area contributed by atoms with Gasteiger partial charge in [-0.05, 0) is 80.8 Å². The normalized spacial score (nSPS) is 12.3. The van der Waals surface area contributed by atoms with Crippen molar-refractivity contribution in [2.45, 2.75) is 40.2 Å². The van der Waals surface area contributed by atoms with Crippen molar-refractivity contribution in [1.29, 1.82) is 0 Å². The Labute approximate surface area is 173 Å². The van der Waals surface area contributed by atoms with E-state index in [9.17, 15) is 0 Å². The van der Waals surface area contributed by atoms with Gasteiger partial charge in [-0.2, -0.15) is 0 Å². The van der Waals surface area contributed by atoms with E-state index in [1.807, 2.05) is 69.3 Å². The predicted octanol–water partition coefficient (Wildman–Crippen LogP) is 5.48. The van der Waals surface area contributed by atoms with E-state index in [0.717, 1.165) is 40.4 Å². The molecular formula is C24H31NO4. The predicted molar refractivity (Wildman–Crippen MR) is 117 cm³/mol. The van der Waals surface area contributed by atoms with E-state index >= 15 is 0 Å². The van der Waals surface area contributed by atoms with Crippen molar-refractivity contribution in [1.82, 2.24) is 0 Å². The summed E-state index contributed by atoms with van der Waals surface area (Å²) in [4.78, 5) is 4.68. The molecule has 0 amide bonds. The zero-order chi connectivity index (χ0) is 21.1. The van der Waals surface area contributed by atoms with Crippen LogP contribution in [0.15, 0.2) is 53.7 Å². The van der Waals surface area contributed by atoms with Gasteiger partial charge in [0.25, 0.3) is 0 Å². The van der Waals surface area contributed by atoms with Crippen molar-refractivity contribution in [2.75, 3.05) is 20.3 Å². The average Bonchev–Trinajstić information content (AvgIpc) is 2.70. The first-order chi connectivity index (χ1) is 14.0. The molecule has 1 atom stereocenters. The summed E-state index contributed by atoms with van der Waals surface area (Å²) in [5, 5.41) is 3.74. The molecule has 5 heteroatoms. The Balaban J connectivity index is 1.84. The fraction of sp³-hybridized carbons (Fsp3) is 0.375. The Hall–Kier alpha value is -2.95. The van der Waals surface area contributed by atoms with Gasteiger partial charge in [-0.1, -0.05) is 17.3 Å². The van der Waals surface area contributed by atoms with Crippen LogP contribution in [0.5, 0.6) is 17.2 Å². The number of ether oxygens (including phenoxy) is 3. The lowest BCUT2D eigenvalue weighted by atomic mass is 10.1. The molecule has 0 N–H and O–H groups in total. The average molecular weight is 398 g/mol. The molecule has 2 aromatic rings. The molecule has 0 aromatic heterocycles. The first-order valence-electron chi connectivity index (χ1n) is 9.84. The van der Waals surface area contributed by atoms with Crippen molar-refractivity contribution in [3.8, 4) is 17.2 Å². The molecule has 0 spiro atoms. The molecule has 0 aliphatic heterocycles. The number of nitrogens with zero attached hydrogens (tertiary/aromatic N) is 1. The van der Waals surface area contributed by atoms with Crippen LogP contribution in [0.3, 0.4) is 0 Å². The molecule has 2 rings (SSSR count). The molecule has 29 heavy (non-hydrogen) atoms. The minimum Gasteiger partial charge on any atom is -0.493 e. The zero-order valence-electron chi connectivity index (χ0n) is 18.0. The van der Waals surface area contributed by atoms with E-state index in [1.54, 1.807) is 6.21 Å². The maximum atomic E-state index is 6.18. The van der Waals surface area contributed by atoms with Gasteiger partial charge in [0, 0.05) is 6.42 Å². The van der Waals surface area contributed by atoms with Crippen molar-refractivity contribution in [3.63, 3.8) is 0 Å². The van der Waals surface area contributed by atoms with Crippen LogP contribution in [-0.4, -0.2) is 32.6 Å². The van der Waals surface area contributed by atoms with Gasteiger partial charge >= 0.3 is 0 Å². The first kappa shape index (κ1) is 22.3. The Bertz CT molecular complexity index is 789. The third-order valence-electron chi connectivity index (χ3n) is 4.32. The smallest absolute Gasteiger partial charge is 0.125 e. The Morgan fingerprint density at radius 3 is 2.31 bits per heavy atom. The van der Waals surface area contributed by atoms with Gasteiger partial charge in [0.1, 0.15) is 31.0 Å². The molecule has 2 aromatic carbocycles. The van der Waals surface area contributed by atoms with Crippen molar-refractivity contribution in [2.24, 2.45) is 5.16 Å². The van der Waals surface area contributed by atoms with Crippen LogP contribution in [-0.2, 0) is 4.84 Å². The van der Waals surface area contributed by atoms with Crippen molar-refractivity contribution < 1.29 is 19.0 Å². The van der Waals surface area contributed by atoms with Gasteiger partial charge in [-0.15, -0.1) is 0 Å². The van der Waals surface area contributed by atoms with Crippen LogP contribution in [0.4, 0.5) is 0 Å². The summed E-state index contributed by atoms with van der Waals surface area (Å²) in [5.74, 6) is 2.60. The van der Waals surface area contributed by atoms with Crippen LogP contribution < -0.4 is 14.2 Å². The van der Waals surface area contributed by atoms with E-state index in [1.165, 1.54) is 7.11 Å². The quantitative estimate of drug-likeness (QED) is 0.286. The minimum absolute atomic E-state index is 0.0373. The number of hydrogen-bond acceptors (Lipinski definition) is 5. The number of oxime groups is 1. The van der Waals surface area contributed by atoms with Crippen LogP contribution in [0, 0.1) is 13.8 Å². The largest absolute Gasteiger partial charge is 0.493 e. The van der Waals surface area contributed by atoms with Gasteiger partial charge < -0.3 is 19.0 Å². The number of benzene rings is 2. The first-order valence-corrected chi connectivity index (χ1v) is 9.84. The van der Waals surface area contributed by atoms with Crippen molar-refractivity contribution in [3.05, 3.63) is 65.2 Å². The number of rotatable bonds is 11. The second kappa shape index (κ2) is 11.8. The molecule has 0 bridgehead atoms. The van der Waals surface area contributed by atoms with Crippen LogP contribution >= 0.6 is 0 Å². The summed E-state index contributed by atoms with van der Waals surface area (Å²) < 4.78 is 17.7. The van der Waals surface area contributed by atoms with Crippen LogP contribution in [0.25, 0.3) is 0 Å². The van der Waals surface area contributed by atoms with Crippen molar-refractivity contribution >= 4 is 6.21 Å². The maximum Gasteiger partial charge on any atom is 0.125 e. The van der Waals surface area contributed by atoms with Gasteiger partial charge in [0.2, 0.25) is 0 Å². The molecule has 156 valence electrons. The molecule has 0 saturated heterocycles. The van der Waals surface area contributed by atoms with Gasteiger partial charge in [0.15, 0.2) is 0 Å². The highest BCUT2D eigenvalue weighted by Crippen LogP contribution is 2.29.